The molecule has 0 aliphatic heterocycles. The smallest absolute Gasteiger partial charge is 0.131 e. The molecule has 0 bridgehead atoms. The maximum absolute atomic E-state index is 5.14. The second kappa shape index (κ2) is 15.0. The largest absolute Gasteiger partial charge is 0.362 e. The summed E-state index contributed by atoms with van der Waals surface area (Å²) < 4.78 is 0. The maximum Gasteiger partial charge on any atom is 0.131 e. The van der Waals surface area contributed by atoms with Crippen molar-refractivity contribution in [2.24, 2.45) is 5.92 Å². The van der Waals surface area contributed by atoms with E-state index in [-0.39, 0.29) is 0 Å². The van der Waals surface area contributed by atoms with Crippen LogP contribution in [0.4, 0.5) is 5.82 Å². The predicted molar refractivity (Wildman–Crippen MR) is 140 cm³/mol. The van der Waals surface area contributed by atoms with Crippen molar-refractivity contribution in [3.05, 3.63) is 40.7 Å². The van der Waals surface area contributed by atoms with E-state index < -0.39 is 0 Å². The number of aryl methyl sites for hydroxylation is 2. The summed E-state index contributed by atoms with van der Waals surface area (Å²) in [6, 6.07) is 6.76. The zero-order valence-electron chi connectivity index (χ0n) is 22.6. The van der Waals surface area contributed by atoms with Gasteiger partial charge in [0.25, 0.3) is 0 Å². The monoisotopic (exact) mass is 427 g/mol. The van der Waals surface area contributed by atoms with Crippen LogP contribution in [0.1, 0.15) is 104 Å². The maximum atomic E-state index is 5.14. The molecular weight excluding hydrogens is 378 g/mol. The van der Waals surface area contributed by atoms with Crippen LogP contribution in [0.5, 0.6) is 0 Å². The normalized spacial score (nSPS) is 10.4. The van der Waals surface area contributed by atoms with Gasteiger partial charge < -0.3 is 4.90 Å². The van der Waals surface area contributed by atoms with Gasteiger partial charge >= 0.3 is 0 Å². The minimum absolute atomic E-state index is 0.443. The fourth-order valence-corrected chi connectivity index (χ4v) is 3.40. The minimum atomic E-state index is 0.443. The molecule has 0 fully saturated rings. The number of aromatic nitrogens is 2. The zero-order chi connectivity index (χ0) is 24.1. The third-order valence-electron chi connectivity index (χ3n) is 4.77. The molecule has 0 N–H and O–H groups in total. The molecule has 0 radical (unpaired) electrons. The molecule has 0 aliphatic rings. The van der Waals surface area contributed by atoms with Crippen LogP contribution >= 0.6 is 0 Å². The summed E-state index contributed by atoms with van der Waals surface area (Å²) in [5.74, 6) is 2.14. The highest BCUT2D eigenvalue weighted by molar-refractivity contribution is 5.69. The van der Waals surface area contributed by atoms with Crippen molar-refractivity contribution in [3.63, 3.8) is 0 Å². The molecule has 0 amide bonds. The molecule has 0 spiro atoms. The molecule has 3 heteroatoms. The lowest BCUT2D eigenvalue weighted by atomic mass is 9.95. The predicted octanol–water partition coefficient (Wildman–Crippen LogP) is 8.10. The van der Waals surface area contributed by atoms with Crippen LogP contribution in [0.25, 0.3) is 11.3 Å². The lowest BCUT2D eigenvalue weighted by molar-refractivity contribution is 0.644. The van der Waals surface area contributed by atoms with E-state index in [1.54, 1.807) is 0 Å². The van der Waals surface area contributed by atoms with Crippen molar-refractivity contribution in [2.45, 2.75) is 101 Å². The van der Waals surface area contributed by atoms with Gasteiger partial charge in [0.1, 0.15) is 5.82 Å². The molecule has 2 heterocycles. The number of anilines is 1. The van der Waals surface area contributed by atoms with Gasteiger partial charge in [0.05, 0.1) is 5.69 Å². The van der Waals surface area contributed by atoms with Crippen molar-refractivity contribution in [1.29, 1.82) is 0 Å². The van der Waals surface area contributed by atoms with Gasteiger partial charge in [-0.1, -0.05) is 75.7 Å². The Bertz CT molecular complexity index is 761. The van der Waals surface area contributed by atoms with Crippen LogP contribution in [-0.4, -0.2) is 24.1 Å². The van der Waals surface area contributed by atoms with Gasteiger partial charge in [0.2, 0.25) is 0 Å². The van der Waals surface area contributed by atoms with E-state index in [1.165, 1.54) is 23.1 Å². The number of pyridine rings is 2. The van der Waals surface area contributed by atoms with E-state index in [1.807, 2.05) is 13.8 Å². The third kappa shape index (κ3) is 8.63. The van der Waals surface area contributed by atoms with Gasteiger partial charge in [-0.25, -0.2) is 4.98 Å². The van der Waals surface area contributed by atoms with E-state index in [2.05, 4.69) is 92.6 Å². The van der Waals surface area contributed by atoms with Gasteiger partial charge in [-0.05, 0) is 60.4 Å². The summed E-state index contributed by atoms with van der Waals surface area (Å²) in [6.45, 7) is 21.6. The Balaban J connectivity index is 0.00000165. The Kier molecular flexibility index (Phi) is 14.1. The molecule has 0 saturated carbocycles. The average molecular weight is 428 g/mol. The van der Waals surface area contributed by atoms with E-state index in [0.29, 0.717) is 11.8 Å². The number of nitrogens with zero attached hydrogens (tertiary/aromatic N) is 3. The second-order valence-electron chi connectivity index (χ2n) is 8.77. The van der Waals surface area contributed by atoms with Crippen LogP contribution < -0.4 is 4.90 Å². The van der Waals surface area contributed by atoms with Crippen LogP contribution in [-0.2, 0) is 19.3 Å². The first-order valence-corrected chi connectivity index (χ1v) is 12.4. The van der Waals surface area contributed by atoms with Gasteiger partial charge in [0.15, 0.2) is 0 Å². The molecule has 0 unspecified atom stereocenters. The molecule has 0 saturated heterocycles. The van der Waals surface area contributed by atoms with Crippen LogP contribution in [0, 0.1) is 5.92 Å². The first-order chi connectivity index (χ1) is 14.7. The molecule has 0 aromatic carbocycles. The van der Waals surface area contributed by atoms with Crippen molar-refractivity contribution in [3.8, 4) is 11.3 Å². The fraction of sp³-hybridized carbons (Fsp3) is 0.643. The third-order valence-corrected chi connectivity index (χ3v) is 4.77. The molecule has 2 rings (SSSR count). The summed E-state index contributed by atoms with van der Waals surface area (Å²) in [5.41, 5.74) is 7.26. The molecule has 2 aromatic heterocycles. The first kappa shape index (κ1) is 29.1. The highest BCUT2D eigenvalue weighted by Crippen LogP contribution is 2.32. The molecule has 176 valence electrons. The SMILES string of the molecule is CC.CCC.CCc1cc(CC(C)C)c(N(C)C)nc1-c1ccc(C(C)C)nc1CC. The Morgan fingerprint density at radius 2 is 1.42 bits per heavy atom. The van der Waals surface area contributed by atoms with Gasteiger partial charge in [-0.3, -0.25) is 4.98 Å². The number of hydrogen-bond acceptors (Lipinski definition) is 3. The first-order valence-electron chi connectivity index (χ1n) is 12.4. The summed E-state index contributed by atoms with van der Waals surface area (Å²) in [6.07, 6.45) is 4.21. The van der Waals surface area contributed by atoms with Gasteiger partial charge in [-0.2, -0.15) is 0 Å². The zero-order valence-corrected chi connectivity index (χ0v) is 22.6. The van der Waals surface area contributed by atoms with Crippen LogP contribution in [0.2, 0.25) is 0 Å². The Hall–Kier alpha value is -1.90. The van der Waals surface area contributed by atoms with E-state index in [4.69, 9.17) is 9.97 Å². The average Bonchev–Trinajstić information content (AvgIpc) is 2.74. The standard InChI is InChI=1S/C23H35N3.C3H8.C2H6/c1-9-17-14-18(13-15(3)4)23(26(7)8)25-22(17)19-11-12-21(16(5)6)24-20(19)10-2;1-3-2;1-2/h11-12,14-16H,9-10,13H2,1-8H3;3H2,1-2H3;1-2H3. The number of hydrogen-bond donors (Lipinski definition) is 0. The van der Waals surface area contributed by atoms with E-state index in [0.717, 1.165) is 42.2 Å². The molecule has 3 nitrogen and oxygen atoms in total. The summed E-state index contributed by atoms with van der Waals surface area (Å²) in [7, 11) is 4.17. The Morgan fingerprint density at radius 3 is 1.84 bits per heavy atom. The lowest BCUT2D eigenvalue weighted by Crippen LogP contribution is -2.16. The Labute approximate surface area is 193 Å². The van der Waals surface area contributed by atoms with Crippen LogP contribution in [0.15, 0.2) is 18.2 Å². The van der Waals surface area contributed by atoms with Crippen molar-refractivity contribution in [1.82, 2.24) is 9.97 Å². The summed E-state index contributed by atoms with van der Waals surface area (Å²) >= 11 is 0. The molecule has 0 atom stereocenters. The van der Waals surface area contributed by atoms with Crippen molar-refractivity contribution >= 4 is 5.82 Å². The van der Waals surface area contributed by atoms with Crippen LogP contribution in [0.3, 0.4) is 0 Å². The summed E-state index contributed by atoms with van der Waals surface area (Å²) in [5, 5.41) is 0. The van der Waals surface area contributed by atoms with Gasteiger partial charge in [-0.15, -0.1) is 0 Å². The fourth-order valence-electron chi connectivity index (χ4n) is 3.40. The van der Waals surface area contributed by atoms with Gasteiger partial charge in [0, 0.05) is 31.0 Å². The topological polar surface area (TPSA) is 29.0 Å². The highest BCUT2D eigenvalue weighted by Gasteiger charge is 2.18. The molecule has 0 aliphatic carbocycles. The molecule has 2 aromatic rings. The Morgan fingerprint density at radius 1 is 0.839 bits per heavy atom. The highest BCUT2D eigenvalue weighted by atomic mass is 15.1. The van der Waals surface area contributed by atoms with E-state index in [9.17, 15) is 0 Å². The number of rotatable bonds is 7. The molecular formula is C28H49N3. The van der Waals surface area contributed by atoms with Crippen molar-refractivity contribution in [2.75, 3.05) is 19.0 Å². The molecule has 31 heavy (non-hydrogen) atoms. The quantitative estimate of drug-likeness (QED) is 0.447. The second-order valence-corrected chi connectivity index (χ2v) is 8.77. The lowest BCUT2D eigenvalue weighted by Gasteiger charge is -2.22. The summed E-state index contributed by atoms with van der Waals surface area (Å²) in [4.78, 5) is 12.2. The van der Waals surface area contributed by atoms with Crippen molar-refractivity contribution < 1.29 is 0 Å². The van der Waals surface area contributed by atoms with E-state index >= 15 is 0 Å². The minimum Gasteiger partial charge on any atom is -0.362 e.